The first-order valence-electron chi connectivity index (χ1n) is 10.1. The van der Waals surface area contributed by atoms with Crippen molar-refractivity contribution in [3.8, 4) is 5.69 Å². The SMILES string of the molecule is O=c1c2ccccc2oc2nc3cc4c5ccccc5n(-c5ccccc5)c4cc3n12. The summed E-state index contributed by atoms with van der Waals surface area (Å²) in [5.41, 5.74) is 5.10. The van der Waals surface area contributed by atoms with E-state index in [0.717, 1.165) is 38.5 Å². The van der Waals surface area contributed by atoms with Crippen LogP contribution in [0.15, 0.2) is 100 Å². The fraction of sp³-hybridized carbons (Fsp3) is 0. The first kappa shape index (κ1) is 16.4. The van der Waals surface area contributed by atoms with Gasteiger partial charge < -0.3 is 8.98 Å². The van der Waals surface area contributed by atoms with E-state index in [9.17, 15) is 4.79 Å². The Morgan fingerprint density at radius 2 is 1.42 bits per heavy atom. The highest BCUT2D eigenvalue weighted by Gasteiger charge is 2.18. The van der Waals surface area contributed by atoms with Gasteiger partial charge in [0.25, 0.3) is 5.56 Å². The summed E-state index contributed by atoms with van der Waals surface area (Å²) in [6.07, 6.45) is 0. The summed E-state index contributed by atoms with van der Waals surface area (Å²) in [5, 5.41) is 2.77. The molecule has 0 unspecified atom stereocenters. The Balaban J connectivity index is 1.71. The lowest BCUT2D eigenvalue weighted by Gasteiger charge is -2.07. The molecule has 4 aromatic carbocycles. The molecular formula is C26H15N3O2. The summed E-state index contributed by atoms with van der Waals surface area (Å²) in [6, 6.07) is 30.0. The third-order valence-corrected chi connectivity index (χ3v) is 5.95. The van der Waals surface area contributed by atoms with Gasteiger partial charge in [0.15, 0.2) is 0 Å². The van der Waals surface area contributed by atoms with Gasteiger partial charge in [0.1, 0.15) is 5.58 Å². The van der Waals surface area contributed by atoms with E-state index in [-0.39, 0.29) is 5.56 Å². The molecule has 146 valence electrons. The normalized spacial score (nSPS) is 12.0. The van der Waals surface area contributed by atoms with E-state index in [2.05, 4.69) is 39.9 Å². The molecule has 0 aliphatic heterocycles. The van der Waals surface area contributed by atoms with Crippen LogP contribution < -0.4 is 5.56 Å². The van der Waals surface area contributed by atoms with Gasteiger partial charge >= 0.3 is 5.84 Å². The van der Waals surface area contributed by atoms with Crippen LogP contribution in [0.4, 0.5) is 0 Å². The molecule has 0 saturated heterocycles. The van der Waals surface area contributed by atoms with Crippen molar-refractivity contribution in [2.75, 3.05) is 0 Å². The van der Waals surface area contributed by atoms with Crippen molar-refractivity contribution in [2.45, 2.75) is 0 Å². The van der Waals surface area contributed by atoms with Gasteiger partial charge in [-0.2, -0.15) is 4.98 Å². The van der Waals surface area contributed by atoms with E-state index in [1.54, 1.807) is 16.5 Å². The van der Waals surface area contributed by atoms with Crippen LogP contribution in [0.3, 0.4) is 0 Å². The highest BCUT2D eigenvalue weighted by Crippen LogP contribution is 2.34. The number of hydrogen-bond acceptors (Lipinski definition) is 3. The van der Waals surface area contributed by atoms with Crippen LogP contribution in [-0.4, -0.2) is 14.0 Å². The van der Waals surface area contributed by atoms with Crippen LogP contribution in [-0.2, 0) is 0 Å². The summed E-state index contributed by atoms with van der Waals surface area (Å²) in [4.78, 5) is 17.9. The summed E-state index contributed by atoms with van der Waals surface area (Å²) < 4.78 is 9.76. The standard InChI is InChI=1S/C26H15N3O2/c30-25-18-11-5-7-13-24(18)31-26-27-20-14-19-17-10-4-6-12-21(17)28(16-8-2-1-3-9-16)22(19)15-23(20)29(25)26/h1-15H. The molecule has 0 N–H and O–H groups in total. The third kappa shape index (κ3) is 2.15. The Labute approximate surface area is 175 Å². The van der Waals surface area contributed by atoms with Gasteiger partial charge in [-0.25, -0.2) is 4.40 Å². The van der Waals surface area contributed by atoms with E-state index in [1.807, 2.05) is 48.5 Å². The van der Waals surface area contributed by atoms with E-state index in [1.165, 1.54) is 0 Å². The van der Waals surface area contributed by atoms with Crippen molar-refractivity contribution in [2.24, 2.45) is 0 Å². The average molecular weight is 401 g/mol. The molecule has 0 saturated carbocycles. The molecule has 31 heavy (non-hydrogen) atoms. The molecule has 5 nitrogen and oxygen atoms in total. The van der Waals surface area contributed by atoms with Crippen molar-refractivity contribution in [3.63, 3.8) is 0 Å². The van der Waals surface area contributed by atoms with E-state index < -0.39 is 0 Å². The quantitative estimate of drug-likeness (QED) is 0.355. The highest BCUT2D eigenvalue weighted by molar-refractivity contribution is 6.13. The molecule has 0 aliphatic rings. The van der Waals surface area contributed by atoms with Crippen LogP contribution >= 0.6 is 0 Å². The molecule has 0 fully saturated rings. The molecule has 0 aliphatic carbocycles. The molecule has 3 heterocycles. The van der Waals surface area contributed by atoms with Crippen molar-refractivity contribution in [3.05, 3.63) is 101 Å². The van der Waals surface area contributed by atoms with Crippen LogP contribution in [0.5, 0.6) is 0 Å². The van der Waals surface area contributed by atoms with Crippen molar-refractivity contribution < 1.29 is 4.42 Å². The lowest BCUT2D eigenvalue weighted by Crippen LogP contribution is -2.12. The lowest BCUT2D eigenvalue weighted by molar-refractivity contribution is 0.616. The van der Waals surface area contributed by atoms with Crippen molar-refractivity contribution >= 4 is 49.7 Å². The van der Waals surface area contributed by atoms with E-state index in [0.29, 0.717) is 16.8 Å². The molecule has 0 radical (unpaired) electrons. The van der Waals surface area contributed by atoms with E-state index >= 15 is 0 Å². The number of fused-ring (bicyclic) bond motifs is 7. The molecule has 5 heteroatoms. The zero-order valence-electron chi connectivity index (χ0n) is 16.3. The van der Waals surface area contributed by atoms with Crippen molar-refractivity contribution in [1.29, 1.82) is 0 Å². The molecule has 7 rings (SSSR count). The Hall–Kier alpha value is -4.38. The zero-order valence-corrected chi connectivity index (χ0v) is 16.3. The maximum atomic E-state index is 13.3. The number of benzene rings is 4. The lowest BCUT2D eigenvalue weighted by atomic mass is 10.1. The van der Waals surface area contributed by atoms with Crippen molar-refractivity contribution in [1.82, 2.24) is 14.0 Å². The number of rotatable bonds is 1. The van der Waals surface area contributed by atoms with Gasteiger partial charge in [-0.05, 0) is 42.5 Å². The van der Waals surface area contributed by atoms with Gasteiger partial charge in [-0.1, -0.05) is 48.5 Å². The number of hydrogen-bond donors (Lipinski definition) is 0. The topological polar surface area (TPSA) is 52.4 Å². The second-order valence-corrected chi connectivity index (χ2v) is 7.68. The first-order chi connectivity index (χ1) is 15.3. The number of aromatic nitrogens is 3. The largest absolute Gasteiger partial charge is 0.424 e. The highest BCUT2D eigenvalue weighted by atomic mass is 16.3. The van der Waals surface area contributed by atoms with Crippen LogP contribution in [0.25, 0.3) is 55.3 Å². The van der Waals surface area contributed by atoms with Gasteiger partial charge in [0, 0.05) is 16.5 Å². The fourth-order valence-corrected chi connectivity index (χ4v) is 4.59. The van der Waals surface area contributed by atoms with Crippen LogP contribution in [0.1, 0.15) is 0 Å². The molecule has 0 bridgehead atoms. The summed E-state index contributed by atoms with van der Waals surface area (Å²) in [6.45, 7) is 0. The number of imidazole rings is 1. The van der Waals surface area contributed by atoms with Gasteiger partial charge in [0.05, 0.1) is 27.5 Å². The van der Waals surface area contributed by atoms with Crippen LogP contribution in [0, 0.1) is 0 Å². The van der Waals surface area contributed by atoms with Crippen LogP contribution in [0.2, 0.25) is 0 Å². The molecule has 3 aromatic heterocycles. The molecular weight excluding hydrogens is 386 g/mol. The summed E-state index contributed by atoms with van der Waals surface area (Å²) in [7, 11) is 0. The Kier molecular flexibility index (Phi) is 3.09. The molecule has 0 spiro atoms. The first-order valence-corrected chi connectivity index (χ1v) is 10.1. The van der Waals surface area contributed by atoms with Gasteiger partial charge in [-0.15, -0.1) is 0 Å². The second-order valence-electron chi connectivity index (χ2n) is 7.68. The van der Waals surface area contributed by atoms with Gasteiger partial charge in [0.2, 0.25) is 0 Å². The summed E-state index contributed by atoms with van der Waals surface area (Å²) >= 11 is 0. The van der Waals surface area contributed by atoms with Gasteiger partial charge in [-0.3, -0.25) is 4.79 Å². The minimum Gasteiger partial charge on any atom is -0.424 e. The smallest absolute Gasteiger partial charge is 0.310 e. The predicted molar refractivity (Wildman–Crippen MR) is 123 cm³/mol. The monoisotopic (exact) mass is 401 g/mol. The Morgan fingerprint density at radius 3 is 2.29 bits per heavy atom. The molecule has 7 aromatic rings. The minimum absolute atomic E-state index is 0.124. The zero-order chi connectivity index (χ0) is 20.5. The number of nitrogens with zero attached hydrogens (tertiary/aromatic N) is 3. The minimum atomic E-state index is -0.124. The Morgan fingerprint density at radius 1 is 0.677 bits per heavy atom. The molecule has 0 amide bonds. The predicted octanol–water partition coefficient (Wildman–Crippen LogP) is 5.69. The maximum Gasteiger partial charge on any atom is 0.310 e. The average Bonchev–Trinajstić information content (AvgIpc) is 3.33. The summed E-state index contributed by atoms with van der Waals surface area (Å²) in [5.74, 6) is 0.307. The fourth-order valence-electron chi connectivity index (χ4n) is 4.59. The molecule has 0 atom stereocenters. The second kappa shape index (κ2) is 5.83. The maximum absolute atomic E-state index is 13.3. The number of para-hydroxylation sites is 3. The van der Waals surface area contributed by atoms with E-state index in [4.69, 9.17) is 4.42 Å². The third-order valence-electron chi connectivity index (χ3n) is 5.95. The Bertz CT molecular complexity index is 1860.